The van der Waals surface area contributed by atoms with Crippen LogP contribution in [0.1, 0.15) is 25.5 Å². The van der Waals surface area contributed by atoms with Crippen molar-refractivity contribution in [2.45, 2.75) is 42.1 Å². The van der Waals surface area contributed by atoms with Gasteiger partial charge in [0.2, 0.25) is 21.8 Å². The van der Waals surface area contributed by atoms with E-state index in [0.29, 0.717) is 14.8 Å². The van der Waals surface area contributed by atoms with E-state index in [1.807, 2.05) is 0 Å². The van der Waals surface area contributed by atoms with E-state index in [-0.39, 0.29) is 13.1 Å². The average Bonchev–Trinajstić information content (AvgIpc) is 3.31. The number of β-lactam (4-membered cyclic amide) rings is 1. The fourth-order valence-electron chi connectivity index (χ4n) is 4.52. The third-order valence-corrected chi connectivity index (χ3v) is 8.95. The zero-order valence-electron chi connectivity index (χ0n) is 19.5. The summed E-state index contributed by atoms with van der Waals surface area (Å²) in [7, 11) is -3.87. The molecule has 4 rings (SSSR count). The van der Waals surface area contributed by atoms with Crippen LogP contribution >= 0.6 is 11.8 Å². The molecule has 0 radical (unpaired) electrons. The van der Waals surface area contributed by atoms with Crippen LogP contribution in [0, 0.1) is 0 Å². The number of carbonyl (C=O) groups is 5. The van der Waals surface area contributed by atoms with Gasteiger partial charge < -0.3 is 25.4 Å². The van der Waals surface area contributed by atoms with E-state index < -0.39 is 68.1 Å². The topological polar surface area (TPSA) is 176 Å². The number of carboxylic acid groups (broad SMARTS) is 1. The van der Waals surface area contributed by atoms with Gasteiger partial charge in [-0.3, -0.25) is 9.59 Å². The van der Waals surface area contributed by atoms with Crippen molar-refractivity contribution in [2.24, 2.45) is 0 Å². The van der Waals surface area contributed by atoms with Gasteiger partial charge in [0.1, 0.15) is 17.5 Å². The van der Waals surface area contributed by atoms with Crippen molar-refractivity contribution in [3.8, 4) is 0 Å². The third-order valence-electron chi connectivity index (χ3n) is 6.24. The number of hydrogen-bond donors (Lipinski definition) is 2. The Labute approximate surface area is 211 Å². The Kier molecular flexibility index (Phi) is 6.41. The number of urea groups is 2. The maximum Gasteiger partial charge on any atom is 0.341 e. The highest BCUT2D eigenvalue weighted by atomic mass is 32.2. The van der Waals surface area contributed by atoms with Crippen LogP contribution in [0.25, 0.3) is 0 Å². The van der Waals surface area contributed by atoms with Gasteiger partial charge in [0.05, 0.1) is 31.4 Å². The summed E-state index contributed by atoms with van der Waals surface area (Å²) in [5, 5.41) is 16.0. The van der Waals surface area contributed by atoms with E-state index in [0.717, 1.165) is 6.26 Å². The number of hydrogen-bond acceptors (Lipinski definition) is 9. The number of aliphatic carboxylic acids is 1. The van der Waals surface area contributed by atoms with Crippen LogP contribution in [0.5, 0.6) is 0 Å². The first-order chi connectivity index (χ1) is 16.7. The Bertz CT molecular complexity index is 1240. The Morgan fingerprint density at radius 2 is 1.78 bits per heavy atom. The minimum Gasteiger partial charge on any atom is -0.548 e. The monoisotopic (exact) mass is 538 g/mol. The molecule has 0 spiro atoms. The Morgan fingerprint density at radius 3 is 2.33 bits per heavy atom. The average molecular weight is 539 g/mol. The Hall–Kier alpha value is -3.33. The highest BCUT2D eigenvalue weighted by molar-refractivity contribution is 8.01. The molecule has 3 saturated heterocycles. The molecule has 3 fully saturated rings. The molecule has 3 heterocycles. The molecule has 3 aliphatic rings. The largest absolute Gasteiger partial charge is 0.548 e. The minimum absolute atomic E-state index is 0.199. The smallest absolute Gasteiger partial charge is 0.341 e. The van der Waals surface area contributed by atoms with Crippen LogP contribution in [-0.2, 0) is 24.4 Å². The lowest BCUT2D eigenvalue weighted by Crippen LogP contribution is -2.72. The SMILES string of the molecule is CC1(C)S[C@H]2[C@@H](NC(=O)[C@@H](NC(=O)N3CCN(S(C)(=O)=O)C3=O)c3ccccc3)C(=O)N2[C@@H]1C(=O)[O-]. The molecule has 194 valence electrons. The Balaban J connectivity index is 1.51. The summed E-state index contributed by atoms with van der Waals surface area (Å²) in [4.78, 5) is 64.8. The van der Waals surface area contributed by atoms with Gasteiger partial charge in [-0.1, -0.05) is 30.3 Å². The van der Waals surface area contributed by atoms with E-state index in [2.05, 4.69) is 10.6 Å². The van der Waals surface area contributed by atoms with Crippen molar-refractivity contribution in [3.63, 3.8) is 0 Å². The van der Waals surface area contributed by atoms with Gasteiger partial charge in [0, 0.05) is 4.75 Å². The summed E-state index contributed by atoms with van der Waals surface area (Å²) in [5.74, 6) is -2.73. The summed E-state index contributed by atoms with van der Waals surface area (Å²) in [5.41, 5.74) is 0.352. The molecule has 0 unspecified atom stereocenters. The van der Waals surface area contributed by atoms with Gasteiger partial charge in [-0.05, 0) is 19.4 Å². The van der Waals surface area contributed by atoms with Crippen molar-refractivity contribution >= 4 is 51.6 Å². The highest BCUT2D eigenvalue weighted by Gasteiger charge is 2.62. The molecule has 2 N–H and O–H groups in total. The van der Waals surface area contributed by atoms with Crippen molar-refractivity contribution in [3.05, 3.63) is 35.9 Å². The molecule has 0 saturated carbocycles. The molecule has 13 nitrogen and oxygen atoms in total. The predicted octanol–water partition coefficient (Wildman–Crippen LogP) is -1.57. The van der Waals surface area contributed by atoms with Crippen LogP contribution in [-0.4, -0.2) is 93.9 Å². The number of thioether (sulfide) groups is 1. The van der Waals surface area contributed by atoms with E-state index in [1.165, 1.54) is 16.7 Å². The number of nitrogens with one attached hydrogen (secondary N) is 2. The second-order valence-corrected chi connectivity index (χ2v) is 12.8. The van der Waals surface area contributed by atoms with E-state index in [1.54, 1.807) is 44.2 Å². The van der Waals surface area contributed by atoms with E-state index in [9.17, 15) is 37.5 Å². The lowest BCUT2D eigenvalue weighted by molar-refractivity contribution is -0.312. The first kappa shape index (κ1) is 25.8. The molecular formula is C21H24N5O8S2-. The molecular weight excluding hydrogens is 514 g/mol. The van der Waals surface area contributed by atoms with Crippen molar-refractivity contribution in [1.82, 2.24) is 24.7 Å². The van der Waals surface area contributed by atoms with Gasteiger partial charge in [-0.25, -0.2) is 27.2 Å². The van der Waals surface area contributed by atoms with E-state index in [4.69, 9.17) is 0 Å². The predicted molar refractivity (Wildman–Crippen MR) is 124 cm³/mol. The zero-order chi connectivity index (χ0) is 26.6. The number of amides is 6. The number of carboxylic acids is 1. The summed E-state index contributed by atoms with van der Waals surface area (Å²) < 4.78 is 23.2. The fourth-order valence-corrected chi connectivity index (χ4v) is 6.94. The summed E-state index contributed by atoms with van der Waals surface area (Å²) in [6.45, 7) is 2.92. The summed E-state index contributed by atoms with van der Waals surface area (Å²) in [6.07, 6.45) is 0.846. The van der Waals surface area contributed by atoms with Crippen molar-refractivity contribution in [2.75, 3.05) is 19.3 Å². The highest BCUT2D eigenvalue weighted by Crippen LogP contribution is 2.50. The van der Waals surface area contributed by atoms with Crippen molar-refractivity contribution in [1.29, 1.82) is 0 Å². The third kappa shape index (κ3) is 4.36. The molecule has 0 aromatic heterocycles. The van der Waals surface area contributed by atoms with Crippen LogP contribution in [0.3, 0.4) is 0 Å². The lowest BCUT2D eigenvalue weighted by atomic mass is 9.95. The minimum atomic E-state index is -3.87. The molecule has 4 atom stereocenters. The van der Waals surface area contributed by atoms with Gasteiger partial charge in [0.25, 0.3) is 0 Å². The van der Waals surface area contributed by atoms with Gasteiger partial charge in [0.15, 0.2) is 0 Å². The first-order valence-electron chi connectivity index (χ1n) is 10.9. The summed E-state index contributed by atoms with van der Waals surface area (Å²) >= 11 is 1.22. The molecule has 0 bridgehead atoms. The standard InChI is InChI=1S/C21H25N5O8S2/c1-21(2)14(18(29)30)26-16(28)13(17(26)35-21)22-15(27)12(11-7-5-4-6-8-11)23-19(31)24-9-10-25(20(24)32)36(3,33)34/h4-8,12-14,17H,9-10H2,1-3H3,(H,22,27)(H,23,31)(H,29,30)/p-1/t12-,13-,14+,17-/m0/s1. The number of carbonyl (C=O) groups excluding carboxylic acids is 5. The Morgan fingerprint density at radius 1 is 1.14 bits per heavy atom. The number of sulfonamides is 1. The molecule has 1 aromatic carbocycles. The molecule has 6 amide bonds. The first-order valence-corrected chi connectivity index (χ1v) is 13.6. The molecule has 36 heavy (non-hydrogen) atoms. The maximum absolute atomic E-state index is 13.3. The van der Waals surface area contributed by atoms with Gasteiger partial charge in [-0.15, -0.1) is 11.8 Å². The fraction of sp³-hybridized carbons (Fsp3) is 0.476. The quantitative estimate of drug-likeness (QED) is 0.405. The second kappa shape index (κ2) is 8.96. The number of benzene rings is 1. The summed E-state index contributed by atoms with van der Waals surface area (Å²) in [6, 6.07) is 2.56. The van der Waals surface area contributed by atoms with Crippen LogP contribution in [0.15, 0.2) is 30.3 Å². The zero-order valence-corrected chi connectivity index (χ0v) is 21.2. The normalized spacial score (nSPS) is 25.8. The molecule has 3 aliphatic heterocycles. The van der Waals surface area contributed by atoms with Gasteiger partial charge in [-0.2, -0.15) is 0 Å². The van der Waals surface area contributed by atoms with E-state index >= 15 is 0 Å². The molecule has 1 aromatic rings. The van der Waals surface area contributed by atoms with Crippen LogP contribution in [0.2, 0.25) is 0 Å². The molecule has 15 heteroatoms. The number of imide groups is 1. The van der Waals surface area contributed by atoms with Gasteiger partial charge >= 0.3 is 12.1 Å². The van der Waals surface area contributed by atoms with Crippen LogP contribution in [0.4, 0.5) is 9.59 Å². The second-order valence-electron chi connectivity index (χ2n) is 9.13. The number of fused-ring (bicyclic) bond motifs is 1. The number of rotatable bonds is 6. The van der Waals surface area contributed by atoms with Crippen molar-refractivity contribution < 1.29 is 37.5 Å². The maximum atomic E-state index is 13.3. The molecule has 0 aliphatic carbocycles. The number of nitrogens with zero attached hydrogens (tertiary/aromatic N) is 3. The van der Waals surface area contributed by atoms with Crippen LogP contribution < -0.4 is 15.7 Å². The lowest BCUT2D eigenvalue weighted by Gasteiger charge is -2.45.